The summed E-state index contributed by atoms with van der Waals surface area (Å²) in [6.07, 6.45) is 5.57. The predicted octanol–water partition coefficient (Wildman–Crippen LogP) is 1.30. The minimum Gasteiger partial charge on any atom is -0.340 e. The normalized spacial score (nSPS) is 33.4. The van der Waals surface area contributed by atoms with Gasteiger partial charge in [0.05, 0.1) is 0 Å². The first-order valence-electron chi connectivity index (χ1n) is 7.78. The summed E-state index contributed by atoms with van der Waals surface area (Å²) in [5.74, 6) is 1.68. The van der Waals surface area contributed by atoms with E-state index in [4.69, 9.17) is 5.73 Å². The average Bonchev–Trinajstić information content (AvgIpc) is 2.42. The first-order chi connectivity index (χ1) is 9.10. The summed E-state index contributed by atoms with van der Waals surface area (Å²) in [6, 6.07) is 0.491. The molecule has 0 bridgehead atoms. The maximum absolute atomic E-state index is 12.4. The van der Waals surface area contributed by atoms with E-state index in [2.05, 4.69) is 23.8 Å². The molecule has 2 fully saturated rings. The van der Waals surface area contributed by atoms with E-state index in [1.54, 1.807) is 0 Å². The second-order valence-corrected chi connectivity index (χ2v) is 6.50. The Bertz CT molecular complexity index is 300. The van der Waals surface area contributed by atoms with Crippen molar-refractivity contribution < 1.29 is 4.79 Å². The van der Waals surface area contributed by atoms with E-state index in [1.807, 2.05) is 0 Å². The van der Waals surface area contributed by atoms with Crippen molar-refractivity contribution in [3.63, 3.8) is 0 Å². The molecule has 0 aromatic carbocycles. The standard InChI is InChI=1S/C15H29N3O/c1-12-11-18(8-7-17(12)2)15(19)9-13-3-5-14(10-16)6-4-13/h12-14H,3-11,16H2,1-2H3. The Hall–Kier alpha value is -0.610. The summed E-state index contributed by atoms with van der Waals surface area (Å²) in [7, 11) is 2.14. The number of nitrogens with two attached hydrogens (primary N) is 1. The summed E-state index contributed by atoms with van der Waals surface area (Å²) in [6.45, 7) is 5.82. The molecule has 1 amide bonds. The number of carbonyl (C=O) groups excluding carboxylic acids is 1. The Labute approximate surface area is 117 Å². The number of rotatable bonds is 3. The molecule has 2 N–H and O–H groups in total. The SMILES string of the molecule is CC1CN(C(=O)CC2CCC(CN)CC2)CCN1C. The number of nitrogens with zero attached hydrogens (tertiary/aromatic N) is 2. The van der Waals surface area contributed by atoms with E-state index >= 15 is 0 Å². The van der Waals surface area contributed by atoms with Crippen LogP contribution in [-0.4, -0.2) is 55.0 Å². The molecule has 0 spiro atoms. The van der Waals surface area contributed by atoms with Crippen molar-refractivity contribution in [2.45, 2.75) is 45.1 Å². The van der Waals surface area contributed by atoms with Crippen LogP contribution in [0.2, 0.25) is 0 Å². The summed E-state index contributed by atoms with van der Waals surface area (Å²) in [4.78, 5) is 16.8. The van der Waals surface area contributed by atoms with Gasteiger partial charge in [0, 0.05) is 32.1 Å². The number of carbonyl (C=O) groups is 1. The van der Waals surface area contributed by atoms with E-state index in [0.29, 0.717) is 23.8 Å². The van der Waals surface area contributed by atoms with Crippen molar-refractivity contribution in [3.8, 4) is 0 Å². The average molecular weight is 267 g/mol. The lowest BCUT2D eigenvalue weighted by Gasteiger charge is -2.38. The summed E-state index contributed by atoms with van der Waals surface area (Å²) < 4.78 is 0. The molecular formula is C15H29N3O. The lowest BCUT2D eigenvalue weighted by atomic mass is 9.80. The van der Waals surface area contributed by atoms with Crippen LogP contribution in [0.25, 0.3) is 0 Å². The highest BCUT2D eigenvalue weighted by Gasteiger charge is 2.27. The molecule has 110 valence electrons. The van der Waals surface area contributed by atoms with Crippen LogP contribution in [0.4, 0.5) is 0 Å². The van der Waals surface area contributed by atoms with Gasteiger partial charge in [-0.2, -0.15) is 0 Å². The van der Waals surface area contributed by atoms with Crippen molar-refractivity contribution in [1.82, 2.24) is 9.80 Å². The third-order valence-electron chi connectivity index (χ3n) is 5.08. The molecule has 4 nitrogen and oxygen atoms in total. The van der Waals surface area contributed by atoms with E-state index in [0.717, 1.165) is 32.6 Å². The third-order valence-corrected chi connectivity index (χ3v) is 5.08. The largest absolute Gasteiger partial charge is 0.340 e. The Morgan fingerprint density at radius 2 is 1.79 bits per heavy atom. The van der Waals surface area contributed by atoms with Crippen LogP contribution < -0.4 is 5.73 Å². The Balaban J connectivity index is 1.75. The van der Waals surface area contributed by atoms with Crippen molar-refractivity contribution in [2.24, 2.45) is 17.6 Å². The summed E-state index contributed by atoms with van der Waals surface area (Å²) in [5, 5.41) is 0. The molecule has 1 saturated carbocycles. The molecule has 2 rings (SSSR count). The Morgan fingerprint density at radius 3 is 2.37 bits per heavy atom. The maximum Gasteiger partial charge on any atom is 0.222 e. The molecule has 0 radical (unpaired) electrons. The van der Waals surface area contributed by atoms with E-state index < -0.39 is 0 Å². The summed E-state index contributed by atoms with van der Waals surface area (Å²) in [5.41, 5.74) is 5.72. The molecule has 4 heteroatoms. The molecule has 0 aromatic rings. The minimum absolute atomic E-state index is 0.371. The fourth-order valence-corrected chi connectivity index (χ4v) is 3.32. The fourth-order valence-electron chi connectivity index (χ4n) is 3.32. The number of piperazine rings is 1. The first-order valence-corrected chi connectivity index (χ1v) is 7.78. The zero-order chi connectivity index (χ0) is 13.8. The summed E-state index contributed by atoms with van der Waals surface area (Å²) >= 11 is 0. The number of hydrogen-bond acceptors (Lipinski definition) is 3. The van der Waals surface area contributed by atoms with Crippen molar-refractivity contribution in [3.05, 3.63) is 0 Å². The smallest absolute Gasteiger partial charge is 0.222 e. The van der Waals surface area contributed by atoms with Crippen LogP contribution in [0.15, 0.2) is 0 Å². The monoisotopic (exact) mass is 267 g/mol. The Morgan fingerprint density at radius 1 is 1.16 bits per heavy atom. The van der Waals surface area contributed by atoms with Crippen LogP contribution in [-0.2, 0) is 4.79 Å². The molecular weight excluding hydrogens is 238 g/mol. The van der Waals surface area contributed by atoms with Crippen molar-refractivity contribution in [1.29, 1.82) is 0 Å². The molecule has 1 aliphatic heterocycles. The molecule has 2 aliphatic rings. The highest BCUT2D eigenvalue weighted by molar-refractivity contribution is 5.76. The minimum atomic E-state index is 0.371. The van der Waals surface area contributed by atoms with Crippen LogP contribution in [0.1, 0.15) is 39.0 Å². The van der Waals surface area contributed by atoms with E-state index in [1.165, 1.54) is 25.7 Å². The van der Waals surface area contributed by atoms with Crippen LogP contribution in [0.5, 0.6) is 0 Å². The van der Waals surface area contributed by atoms with Gasteiger partial charge in [-0.1, -0.05) is 0 Å². The fraction of sp³-hybridized carbons (Fsp3) is 0.933. The second-order valence-electron chi connectivity index (χ2n) is 6.50. The van der Waals surface area contributed by atoms with Gasteiger partial charge < -0.3 is 15.5 Å². The third kappa shape index (κ3) is 3.93. The number of likely N-dealkylation sites (N-methyl/N-ethyl adjacent to an activating group) is 1. The van der Waals surface area contributed by atoms with Gasteiger partial charge in [-0.25, -0.2) is 0 Å². The van der Waals surface area contributed by atoms with E-state index in [-0.39, 0.29) is 0 Å². The van der Waals surface area contributed by atoms with Gasteiger partial charge in [-0.3, -0.25) is 4.79 Å². The van der Waals surface area contributed by atoms with Crippen molar-refractivity contribution in [2.75, 3.05) is 33.2 Å². The highest BCUT2D eigenvalue weighted by Crippen LogP contribution is 2.30. The van der Waals surface area contributed by atoms with Gasteiger partial charge in [0.25, 0.3) is 0 Å². The zero-order valence-corrected chi connectivity index (χ0v) is 12.5. The maximum atomic E-state index is 12.4. The molecule has 19 heavy (non-hydrogen) atoms. The number of amides is 1. The molecule has 0 aromatic heterocycles. The van der Waals surface area contributed by atoms with Crippen molar-refractivity contribution >= 4 is 5.91 Å². The molecule has 1 saturated heterocycles. The van der Waals surface area contributed by atoms with Crippen LogP contribution in [0, 0.1) is 11.8 Å². The van der Waals surface area contributed by atoms with Crippen LogP contribution in [0.3, 0.4) is 0 Å². The Kier molecular flexibility index (Phi) is 5.22. The van der Waals surface area contributed by atoms with Gasteiger partial charge in [-0.05, 0) is 58.0 Å². The predicted molar refractivity (Wildman–Crippen MR) is 77.8 cm³/mol. The molecule has 1 aliphatic carbocycles. The highest BCUT2D eigenvalue weighted by atomic mass is 16.2. The van der Waals surface area contributed by atoms with Gasteiger partial charge in [0.15, 0.2) is 0 Å². The topological polar surface area (TPSA) is 49.6 Å². The van der Waals surface area contributed by atoms with Gasteiger partial charge >= 0.3 is 0 Å². The first kappa shape index (κ1) is 14.8. The van der Waals surface area contributed by atoms with Gasteiger partial charge in [0.1, 0.15) is 0 Å². The molecule has 1 unspecified atom stereocenters. The lowest BCUT2D eigenvalue weighted by molar-refractivity contribution is -0.135. The molecule has 1 heterocycles. The van der Waals surface area contributed by atoms with Crippen LogP contribution >= 0.6 is 0 Å². The number of hydrogen-bond donors (Lipinski definition) is 1. The van der Waals surface area contributed by atoms with Gasteiger partial charge in [-0.15, -0.1) is 0 Å². The van der Waals surface area contributed by atoms with E-state index in [9.17, 15) is 4.79 Å². The zero-order valence-electron chi connectivity index (χ0n) is 12.5. The quantitative estimate of drug-likeness (QED) is 0.838. The second kappa shape index (κ2) is 6.71. The van der Waals surface area contributed by atoms with Gasteiger partial charge in [0.2, 0.25) is 5.91 Å². The lowest BCUT2D eigenvalue weighted by Crippen LogP contribution is -2.52. The molecule has 1 atom stereocenters.